The minimum Gasteiger partial charge on any atom is -0.328 e. The van der Waals surface area contributed by atoms with Crippen molar-refractivity contribution in [2.45, 2.75) is 32.4 Å². The Morgan fingerprint density at radius 1 is 1.33 bits per heavy atom. The van der Waals surface area contributed by atoms with Crippen LogP contribution in [0.5, 0.6) is 0 Å². The van der Waals surface area contributed by atoms with Crippen molar-refractivity contribution in [1.82, 2.24) is 0 Å². The molecule has 15 heavy (non-hydrogen) atoms. The van der Waals surface area contributed by atoms with Crippen LogP contribution < -0.4 is 11.5 Å². The highest BCUT2D eigenvalue weighted by atomic mass is 14.6. The van der Waals surface area contributed by atoms with Gasteiger partial charge in [0.2, 0.25) is 0 Å². The van der Waals surface area contributed by atoms with Crippen LogP contribution in [0.1, 0.15) is 36.6 Å². The zero-order chi connectivity index (χ0) is 11.4. The van der Waals surface area contributed by atoms with Gasteiger partial charge in [0.1, 0.15) is 0 Å². The van der Waals surface area contributed by atoms with E-state index in [1.54, 1.807) is 0 Å². The van der Waals surface area contributed by atoms with Gasteiger partial charge in [-0.1, -0.05) is 30.9 Å². The first-order valence-electron chi connectivity index (χ1n) is 5.31. The molecule has 0 spiro atoms. The van der Waals surface area contributed by atoms with Crippen molar-refractivity contribution in [3.63, 3.8) is 0 Å². The summed E-state index contributed by atoms with van der Waals surface area (Å²) in [6.45, 7) is 7.81. The zero-order valence-corrected chi connectivity index (χ0v) is 9.53. The molecule has 2 unspecified atom stereocenters. The maximum absolute atomic E-state index is 5.98. The van der Waals surface area contributed by atoms with E-state index >= 15 is 0 Å². The van der Waals surface area contributed by atoms with Gasteiger partial charge in [-0.3, -0.25) is 0 Å². The molecule has 82 valence electrons. The summed E-state index contributed by atoms with van der Waals surface area (Å²) >= 11 is 0. The fourth-order valence-electron chi connectivity index (χ4n) is 1.89. The monoisotopic (exact) mass is 204 g/mol. The Morgan fingerprint density at radius 3 is 2.47 bits per heavy atom. The maximum Gasteiger partial charge on any atom is 0.0274 e. The molecule has 2 heteroatoms. The molecular formula is C13H20N2. The molecule has 0 aliphatic heterocycles. The van der Waals surface area contributed by atoms with Gasteiger partial charge in [0.05, 0.1) is 0 Å². The van der Waals surface area contributed by atoms with Crippen LogP contribution in [0, 0.1) is 0 Å². The molecule has 0 radical (unpaired) electrons. The van der Waals surface area contributed by atoms with Crippen molar-refractivity contribution in [1.29, 1.82) is 0 Å². The Kier molecular flexibility index (Phi) is 4.06. The predicted molar refractivity (Wildman–Crippen MR) is 66.5 cm³/mol. The molecule has 2 nitrogen and oxygen atoms in total. The number of benzene rings is 1. The molecule has 0 saturated heterocycles. The highest BCUT2D eigenvalue weighted by Crippen LogP contribution is 2.22. The lowest BCUT2D eigenvalue weighted by molar-refractivity contribution is 0.714. The van der Waals surface area contributed by atoms with E-state index in [2.05, 4.69) is 12.6 Å². The van der Waals surface area contributed by atoms with Gasteiger partial charge < -0.3 is 11.5 Å². The molecule has 2 atom stereocenters. The maximum atomic E-state index is 5.98. The fraction of sp³-hybridized carbons (Fsp3) is 0.385. The smallest absolute Gasteiger partial charge is 0.0274 e. The normalized spacial score (nSPS) is 14.7. The lowest BCUT2D eigenvalue weighted by Gasteiger charge is -2.17. The van der Waals surface area contributed by atoms with Crippen molar-refractivity contribution >= 4 is 6.08 Å². The van der Waals surface area contributed by atoms with Crippen LogP contribution in [0.15, 0.2) is 24.8 Å². The molecule has 1 aromatic rings. The standard InChI is InChI=1S/C13H20N2/c1-4-11-6-5-7-12(8-9(2)14)13(11)10(3)15/h4-7,9-10H,1,8,14-15H2,2-3H3. The van der Waals surface area contributed by atoms with E-state index in [0.717, 1.165) is 12.0 Å². The van der Waals surface area contributed by atoms with Gasteiger partial charge in [0.25, 0.3) is 0 Å². The molecule has 1 rings (SSSR count). The number of hydrogen-bond donors (Lipinski definition) is 2. The number of hydrogen-bond acceptors (Lipinski definition) is 2. The van der Waals surface area contributed by atoms with Gasteiger partial charge in [-0.25, -0.2) is 0 Å². The third-order valence-electron chi connectivity index (χ3n) is 2.45. The first-order chi connectivity index (χ1) is 7.06. The quantitative estimate of drug-likeness (QED) is 0.790. The summed E-state index contributed by atoms with van der Waals surface area (Å²) < 4.78 is 0. The Labute approximate surface area is 92.0 Å². The second-order valence-electron chi connectivity index (χ2n) is 4.09. The molecule has 0 heterocycles. The van der Waals surface area contributed by atoms with Gasteiger partial charge in [-0.15, -0.1) is 0 Å². The summed E-state index contributed by atoms with van der Waals surface area (Å²) in [6, 6.07) is 6.34. The molecular weight excluding hydrogens is 184 g/mol. The van der Waals surface area contributed by atoms with E-state index in [9.17, 15) is 0 Å². The van der Waals surface area contributed by atoms with Crippen LogP contribution in [0.4, 0.5) is 0 Å². The predicted octanol–water partition coefficient (Wildman–Crippen LogP) is 2.24. The Hall–Kier alpha value is -1.12. The number of nitrogens with two attached hydrogens (primary N) is 2. The van der Waals surface area contributed by atoms with Gasteiger partial charge in [0, 0.05) is 12.1 Å². The second-order valence-corrected chi connectivity index (χ2v) is 4.09. The minimum absolute atomic E-state index is 0.0212. The van der Waals surface area contributed by atoms with E-state index in [1.165, 1.54) is 11.1 Å². The zero-order valence-electron chi connectivity index (χ0n) is 9.53. The van der Waals surface area contributed by atoms with Crippen molar-refractivity contribution in [2.75, 3.05) is 0 Å². The molecule has 0 fully saturated rings. The molecule has 0 amide bonds. The Balaban J connectivity index is 3.19. The van der Waals surface area contributed by atoms with E-state index in [4.69, 9.17) is 11.5 Å². The largest absolute Gasteiger partial charge is 0.328 e. The van der Waals surface area contributed by atoms with Crippen LogP contribution in [-0.2, 0) is 6.42 Å². The van der Waals surface area contributed by atoms with E-state index < -0.39 is 0 Å². The van der Waals surface area contributed by atoms with Gasteiger partial charge >= 0.3 is 0 Å². The lowest BCUT2D eigenvalue weighted by Crippen LogP contribution is -2.20. The Morgan fingerprint density at radius 2 is 2.00 bits per heavy atom. The summed E-state index contributed by atoms with van der Waals surface area (Å²) in [6.07, 6.45) is 2.71. The molecule has 0 bridgehead atoms. The van der Waals surface area contributed by atoms with Gasteiger partial charge in [-0.05, 0) is 37.0 Å². The van der Waals surface area contributed by atoms with E-state index in [-0.39, 0.29) is 12.1 Å². The summed E-state index contributed by atoms with van der Waals surface area (Å²) in [7, 11) is 0. The first-order valence-corrected chi connectivity index (χ1v) is 5.31. The van der Waals surface area contributed by atoms with Crippen LogP contribution in [0.2, 0.25) is 0 Å². The minimum atomic E-state index is 0.0212. The third kappa shape index (κ3) is 2.91. The first kappa shape index (κ1) is 12.0. The molecule has 0 saturated carbocycles. The highest BCUT2D eigenvalue weighted by Gasteiger charge is 2.11. The van der Waals surface area contributed by atoms with Gasteiger partial charge in [-0.2, -0.15) is 0 Å². The molecule has 0 aromatic heterocycles. The third-order valence-corrected chi connectivity index (χ3v) is 2.45. The summed E-state index contributed by atoms with van der Waals surface area (Å²) in [5.41, 5.74) is 15.3. The topological polar surface area (TPSA) is 52.0 Å². The van der Waals surface area contributed by atoms with Crippen molar-refractivity contribution < 1.29 is 0 Å². The van der Waals surface area contributed by atoms with Crippen LogP contribution in [0.25, 0.3) is 6.08 Å². The Bertz CT molecular complexity index is 340. The van der Waals surface area contributed by atoms with Crippen molar-refractivity contribution in [3.8, 4) is 0 Å². The van der Waals surface area contributed by atoms with Gasteiger partial charge in [0.15, 0.2) is 0 Å². The second kappa shape index (κ2) is 5.10. The number of rotatable bonds is 4. The summed E-state index contributed by atoms with van der Waals surface area (Å²) in [5.74, 6) is 0. The van der Waals surface area contributed by atoms with Crippen LogP contribution in [-0.4, -0.2) is 6.04 Å². The van der Waals surface area contributed by atoms with E-state index in [1.807, 2.05) is 32.1 Å². The summed E-state index contributed by atoms with van der Waals surface area (Å²) in [4.78, 5) is 0. The average Bonchev–Trinajstić information content (AvgIpc) is 2.15. The SMILES string of the molecule is C=Cc1cccc(CC(C)N)c1C(C)N. The van der Waals surface area contributed by atoms with Crippen molar-refractivity contribution in [2.24, 2.45) is 11.5 Å². The highest BCUT2D eigenvalue weighted by molar-refractivity contribution is 5.55. The average molecular weight is 204 g/mol. The van der Waals surface area contributed by atoms with Crippen LogP contribution in [0.3, 0.4) is 0 Å². The molecule has 1 aromatic carbocycles. The fourth-order valence-corrected chi connectivity index (χ4v) is 1.89. The lowest BCUT2D eigenvalue weighted by atomic mass is 9.92. The molecule has 0 aliphatic carbocycles. The molecule has 4 N–H and O–H groups in total. The van der Waals surface area contributed by atoms with E-state index in [0.29, 0.717) is 0 Å². The van der Waals surface area contributed by atoms with Crippen molar-refractivity contribution in [3.05, 3.63) is 41.5 Å². The van der Waals surface area contributed by atoms with Crippen LogP contribution >= 0.6 is 0 Å². The molecule has 0 aliphatic rings. The summed E-state index contributed by atoms with van der Waals surface area (Å²) in [5, 5.41) is 0.